The van der Waals surface area contributed by atoms with Crippen LogP contribution in [0.5, 0.6) is 0 Å². The van der Waals surface area contributed by atoms with Crippen molar-refractivity contribution in [2.75, 3.05) is 41.9 Å². The molecule has 8 heteroatoms. The Morgan fingerprint density at radius 3 is 2.16 bits per heavy atom. The van der Waals surface area contributed by atoms with Crippen LogP contribution >= 0.6 is 0 Å². The highest BCUT2D eigenvalue weighted by atomic mass is 32.2. The summed E-state index contributed by atoms with van der Waals surface area (Å²) in [5, 5.41) is 0. The lowest BCUT2D eigenvalue weighted by Crippen LogP contribution is -2.67. The van der Waals surface area contributed by atoms with Crippen LogP contribution in [0.1, 0.15) is 33.6 Å². The summed E-state index contributed by atoms with van der Waals surface area (Å²) in [5.41, 5.74) is 1.64. The molecule has 0 N–H and O–H groups in total. The van der Waals surface area contributed by atoms with Crippen molar-refractivity contribution in [3.05, 3.63) is 54.9 Å². The van der Waals surface area contributed by atoms with Crippen LogP contribution in [0.4, 0.5) is 11.4 Å². The van der Waals surface area contributed by atoms with Gasteiger partial charge in [-0.3, -0.25) is 19.0 Å². The molecule has 0 bridgehead atoms. The third-order valence-electron chi connectivity index (χ3n) is 6.01. The predicted molar refractivity (Wildman–Crippen MR) is 125 cm³/mol. The molecule has 3 rings (SSSR count). The Morgan fingerprint density at radius 2 is 1.65 bits per heavy atom. The van der Waals surface area contributed by atoms with Gasteiger partial charge in [-0.25, -0.2) is 8.42 Å². The summed E-state index contributed by atoms with van der Waals surface area (Å²) in [4.78, 5) is 19.7. The summed E-state index contributed by atoms with van der Waals surface area (Å²) in [6.07, 6.45) is 4.36. The number of piperazine rings is 1. The van der Waals surface area contributed by atoms with Crippen LogP contribution in [0.25, 0.3) is 0 Å². The van der Waals surface area contributed by atoms with Crippen molar-refractivity contribution in [3.8, 4) is 0 Å². The average Bonchev–Trinajstić information content (AvgIpc) is 2.79. The zero-order chi connectivity index (χ0) is 22.5. The molecule has 0 amide bonds. The number of nitrogens with zero attached hydrogens (tertiary/aromatic N) is 4. The minimum Gasteiger partial charge on any atom is -0.369 e. The highest BCUT2D eigenvalue weighted by molar-refractivity contribution is 7.94. The number of sulfonamides is 1. The van der Waals surface area contributed by atoms with E-state index in [1.165, 1.54) is 11.2 Å². The second-order valence-electron chi connectivity index (χ2n) is 7.78. The minimum atomic E-state index is -3.99. The zero-order valence-electron chi connectivity index (χ0n) is 18.6. The van der Waals surface area contributed by atoms with Crippen LogP contribution in [-0.4, -0.2) is 61.7 Å². The first-order valence-electron chi connectivity index (χ1n) is 10.9. The second-order valence-corrected chi connectivity index (χ2v) is 9.84. The van der Waals surface area contributed by atoms with E-state index in [1.807, 2.05) is 49.1 Å². The van der Waals surface area contributed by atoms with Gasteiger partial charge in [0, 0.05) is 50.8 Å². The smallest absolute Gasteiger partial charge is 0.261 e. The van der Waals surface area contributed by atoms with E-state index in [9.17, 15) is 13.2 Å². The summed E-state index contributed by atoms with van der Waals surface area (Å²) >= 11 is 0. The Bertz CT molecular complexity index is 961. The molecule has 1 aliphatic heterocycles. The van der Waals surface area contributed by atoms with Gasteiger partial charge in [0.05, 0.1) is 5.69 Å². The third-order valence-corrected chi connectivity index (χ3v) is 8.66. The van der Waals surface area contributed by atoms with Crippen LogP contribution < -0.4 is 9.21 Å². The summed E-state index contributed by atoms with van der Waals surface area (Å²) in [5.74, 6) is -0.318. The average molecular weight is 445 g/mol. The van der Waals surface area contributed by atoms with Crippen LogP contribution in [0.3, 0.4) is 0 Å². The summed E-state index contributed by atoms with van der Waals surface area (Å²) in [7, 11) is -3.99. The third kappa shape index (κ3) is 4.32. The van der Waals surface area contributed by atoms with Gasteiger partial charge in [-0.2, -0.15) is 0 Å². The van der Waals surface area contributed by atoms with Crippen LogP contribution in [-0.2, 0) is 14.8 Å². The monoisotopic (exact) mass is 444 g/mol. The van der Waals surface area contributed by atoms with E-state index in [0.717, 1.165) is 5.69 Å². The molecule has 0 saturated carbocycles. The van der Waals surface area contributed by atoms with Crippen molar-refractivity contribution >= 4 is 27.2 Å². The molecule has 31 heavy (non-hydrogen) atoms. The molecule has 2 heterocycles. The van der Waals surface area contributed by atoms with Crippen molar-refractivity contribution in [3.63, 3.8) is 0 Å². The largest absolute Gasteiger partial charge is 0.369 e. The Morgan fingerprint density at radius 1 is 1.03 bits per heavy atom. The van der Waals surface area contributed by atoms with Crippen molar-refractivity contribution in [2.24, 2.45) is 0 Å². The molecular weight excluding hydrogens is 412 g/mol. The van der Waals surface area contributed by atoms with Crippen LogP contribution in [0.15, 0.2) is 54.9 Å². The number of pyridine rings is 1. The molecule has 1 unspecified atom stereocenters. The van der Waals surface area contributed by atoms with E-state index >= 15 is 0 Å². The van der Waals surface area contributed by atoms with E-state index in [-0.39, 0.29) is 18.7 Å². The second kappa shape index (κ2) is 9.78. The molecule has 7 nitrogen and oxygen atoms in total. The van der Waals surface area contributed by atoms with Gasteiger partial charge in [0.1, 0.15) is 0 Å². The van der Waals surface area contributed by atoms with Gasteiger partial charge < -0.3 is 4.90 Å². The first kappa shape index (κ1) is 23.2. The number of rotatable bonds is 9. The molecule has 2 aromatic rings. The summed E-state index contributed by atoms with van der Waals surface area (Å²) in [6.45, 7) is 7.71. The van der Waals surface area contributed by atoms with E-state index < -0.39 is 14.9 Å². The normalized spacial score (nSPS) is 17.2. The number of anilines is 2. The summed E-state index contributed by atoms with van der Waals surface area (Å²) in [6, 6.07) is 12.9. The van der Waals surface area contributed by atoms with Gasteiger partial charge in [-0.05, 0) is 44.5 Å². The first-order chi connectivity index (χ1) is 14.9. The highest BCUT2D eigenvalue weighted by Gasteiger charge is 2.55. The Labute approximate surface area is 185 Å². The Hall–Kier alpha value is -2.45. The molecule has 168 valence electrons. The number of para-hydroxylation sites is 1. The fourth-order valence-corrected chi connectivity index (χ4v) is 6.96. The molecule has 0 radical (unpaired) electrons. The van der Waals surface area contributed by atoms with Crippen LogP contribution in [0, 0.1) is 0 Å². The molecule has 1 aliphatic rings. The Kier molecular flexibility index (Phi) is 7.33. The van der Waals surface area contributed by atoms with Gasteiger partial charge in [-0.1, -0.05) is 31.5 Å². The maximum Gasteiger partial charge on any atom is 0.261 e. The number of carbonyl (C=O) groups is 1. The number of aromatic nitrogens is 1. The molecule has 1 atom stereocenters. The number of hydrogen-bond acceptors (Lipinski definition) is 6. The van der Waals surface area contributed by atoms with Crippen molar-refractivity contribution in [1.82, 2.24) is 9.88 Å². The number of hydrogen-bond donors (Lipinski definition) is 0. The maximum absolute atomic E-state index is 14.1. The standard InChI is InChI=1S/C23H32N4O3S/c1-4-13-23(20(3)28,31(29,30)27(5-2)22-9-7-6-8-10-22)26-18-16-25(17-19-26)21-11-14-24-15-12-21/h6-12,14-15H,4-5,13,16-19H2,1-3H3. The number of ketones is 1. The van der Waals surface area contributed by atoms with E-state index in [1.54, 1.807) is 24.5 Å². The first-order valence-corrected chi connectivity index (χ1v) is 12.3. The number of Topliss-reactive ketones (excluding diaryl/α,β-unsaturated/α-hetero) is 1. The fraction of sp³-hybridized carbons (Fsp3) is 0.478. The SMILES string of the molecule is CCCC(C(C)=O)(N1CCN(c2ccncc2)CC1)S(=O)(=O)N(CC)c1ccccc1. The lowest BCUT2D eigenvalue weighted by Gasteiger charge is -2.47. The zero-order valence-corrected chi connectivity index (χ0v) is 19.4. The molecule has 1 fully saturated rings. The van der Waals surface area contributed by atoms with Crippen LogP contribution in [0.2, 0.25) is 0 Å². The van der Waals surface area contributed by atoms with Gasteiger partial charge in [0.25, 0.3) is 10.0 Å². The number of benzene rings is 1. The van der Waals surface area contributed by atoms with Crippen molar-refractivity contribution in [1.29, 1.82) is 0 Å². The molecule has 1 aromatic carbocycles. The molecule has 1 aromatic heterocycles. The number of carbonyl (C=O) groups excluding carboxylic acids is 1. The van der Waals surface area contributed by atoms with E-state index in [2.05, 4.69) is 9.88 Å². The van der Waals surface area contributed by atoms with Gasteiger partial charge >= 0.3 is 0 Å². The van der Waals surface area contributed by atoms with Crippen molar-refractivity contribution < 1.29 is 13.2 Å². The van der Waals surface area contributed by atoms with Gasteiger partial charge in [0.2, 0.25) is 4.87 Å². The van der Waals surface area contributed by atoms with Gasteiger partial charge in [-0.15, -0.1) is 0 Å². The van der Waals surface area contributed by atoms with Crippen molar-refractivity contribution in [2.45, 2.75) is 38.5 Å². The molecular formula is C23H32N4O3S. The predicted octanol–water partition coefficient (Wildman–Crippen LogP) is 3.15. The highest BCUT2D eigenvalue weighted by Crippen LogP contribution is 2.36. The Balaban J connectivity index is 1.97. The molecule has 1 saturated heterocycles. The van der Waals surface area contributed by atoms with E-state index in [0.29, 0.717) is 38.3 Å². The minimum absolute atomic E-state index is 0.266. The lowest BCUT2D eigenvalue weighted by atomic mass is 10.0. The quantitative estimate of drug-likeness (QED) is 0.592. The van der Waals surface area contributed by atoms with Gasteiger partial charge in [0.15, 0.2) is 5.78 Å². The lowest BCUT2D eigenvalue weighted by molar-refractivity contribution is -0.124. The summed E-state index contributed by atoms with van der Waals surface area (Å²) < 4.78 is 29.6. The molecule has 0 aliphatic carbocycles. The fourth-order valence-electron chi connectivity index (χ4n) is 4.52. The van der Waals surface area contributed by atoms with E-state index in [4.69, 9.17) is 0 Å². The molecule has 0 spiro atoms. The maximum atomic E-state index is 14.1. The topological polar surface area (TPSA) is 73.8 Å².